The van der Waals surface area contributed by atoms with Crippen molar-refractivity contribution in [1.29, 1.82) is 0 Å². The molecular formula is C21H15N5OS2. The predicted molar refractivity (Wildman–Crippen MR) is 114 cm³/mol. The van der Waals surface area contributed by atoms with Crippen LogP contribution in [0.2, 0.25) is 0 Å². The van der Waals surface area contributed by atoms with Crippen LogP contribution in [0.4, 0.5) is 11.4 Å². The molecule has 0 spiro atoms. The van der Waals surface area contributed by atoms with Crippen LogP contribution in [0, 0.1) is 0 Å². The standard InChI is InChI=1S/C21H15N5OS2/c27-19(13-28-21-23-20(24-25-21)14-9-11-22-12-10-14)26-15-5-1-3-7-17(15)29-18-8-4-2-6-16(18)26/h1-12H,13H2,(H,23,24,25). The fourth-order valence-electron chi connectivity index (χ4n) is 3.11. The maximum Gasteiger partial charge on any atom is 0.242 e. The van der Waals surface area contributed by atoms with Crippen molar-refractivity contribution in [2.24, 2.45) is 0 Å². The highest BCUT2D eigenvalue weighted by Gasteiger charge is 2.27. The van der Waals surface area contributed by atoms with Crippen LogP contribution in [0.5, 0.6) is 0 Å². The molecule has 6 nitrogen and oxygen atoms in total. The van der Waals surface area contributed by atoms with Crippen molar-refractivity contribution in [3.63, 3.8) is 0 Å². The minimum atomic E-state index is -0.00883. The van der Waals surface area contributed by atoms with Gasteiger partial charge in [0.2, 0.25) is 11.1 Å². The molecular weight excluding hydrogens is 402 g/mol. The maximum absolute atomic E-state index is 13.2. The Morgan fingerprint density at radius 3 is 2.31 bits per heavy atom. The third-order valence-corrected chi connectivity index (χ3v) is 6.39. The van der Waals surface area contributed by atoms with Gasteiger partial charge < -0.3 is 0 Å². The summed E-state index contributed by atoms with van der Waals surface area (Å²) in [6.45, 7) is 0. The molecule has 3 heterocycles. The maximum atomic E-state index is 13.2. The number of aromatic nitrogens is 4. The van der Waals surface area contributed by atoms with Crippen molar-refractivity contribution in [2.75, 3.05) is 10.7 Å². The summed E-state index contributed by atoms with van der Waals surface area (Å²) >= 11 is 3.00. The molecule has 0 fully saturated rings. The van der Waals surface area contributed by atoms with Crippen LogP contribution in [0.25, 0.3) is 11.4 Å². The van der Waals surface area contributed by atoms with E-state index in [1.54, 1.807) is 29.1 Å². The highest BCUT2D eigenvalue weighted by atomic mass is 32.2. The number of nitrogens with one attached hydrogen (secondary N) is 1. The zero-order valence-electron chi connectivity index (χ0n) is 15.1. The Kier molecular flexibility index (Phi) is 4.79. The van der Waals surface area contributed by atoms with E-state index in [2.05, 4.69) is 20.2 Å². The van der Waals surface area contributed by atoms with Gasteiger partial charge in [0.05, 0.1) is 17.1 Å². The molecule has 0 bridgehead atoms. The van der Waals surface area contributed by atoms with Gasteiger partial charge in [0.15, 0.2) is 5.82 Å². The van der Waals surface area contributed by atoms with Gasteiger partial charge in [0.25, 0.3) is 0 Å². The van der Waals surface area contributed by atoms with Gasteiger partial charge in [-0.3, -0.25) is 19.8 Å². The summed E-state index contributed by atoms with van der Waals surface area (Å²) in [4.78, 5) is 25.6. The number of aromatic amines is 1. The van der Waals surface area contributed by atoms with Gasteiger partial charge in [-0.15, -0.1) is 5.10 Å². The Hall–Kier alpha value is -3.10. The quantitative estimate of drug-likeness (QED) is 0.481. The monoisotopic (exact) mass is 417 g/mol. The molecule has 0 saturated heterocycles. The van der Waals surface area contributed by atoms with E-state index in [1.165, 1.54) is 11.8 Å². The number of nitrogens with zero attached hydrogens (tertiary/aromatic N) is 4. The molecule has 2 aromatic heterocycles. The van der Waals surface area contributed by atoms with Crippen LogP contribution in [-0.2, 0) is 4.79 Å². The third-order valence-electron chi connectivity index (χ3n) is 4.43. The smallest absolute Gasteiger partial charge is 0.242 e. The number of thioether (sulfide) groups is 1. The minimum absolute atomic E-state index is 0.00883. The SMILES string of the molecule is O=C(CSc1n[nH]c(-c2ccncc2)n1)N1c2ccccc2Sc2ccccc21. The number of anilines is 2. The molecule has 29 heavy (non-hydrogen) atoms. The number of hydrogen-bond donors (Lipinski definition) is 1. The second-order valence-corrected chi connectivity index (χ2v) is 8.28. The Bertz CT molecular complexity index is 1130. The second kappa shape index (κ2) is 7.73. The van der Waals surface area contributed by atoms with E-state index in [0.29, 0.717) is 11.0 Å². The molecule has 2 aromatic carbocycles. The first kappa shape index (κ1) is 18.0. The predicted octanol–water partition coefficient (Wildman–Crippen LogP) is 4.79. The lowest BCUT2D eigenvalue weighted by molar-refractivity contribution is -0.115. The van der Waals surface area contributed by atoms with E-state index in [-0.39, 0.29) is 11.7 Å². The van der Waals surface area contributed by atoms with Gasteiger partial charge in [-0.05, 0) is 36.4 Å². The molecule has 1 aliphatic heterocycles. The average Bonchev–Trinajstić information content (AvgIpc) is 3.25. The Labute approximate surface area is 175 Å². The molecule has 0 saturated carbocycles. The highest BCUT2D eigenvalue weighted by molar-refractivity contribution is 8.00. The zero-order chi connectivity index (χ0) is 19.6. The lowest BCUT2D eigenvalue weighted by atomic mass is 10.2. The number of carbonyl (C=O) groups excluding carboxylic acids is 1. The summed E-state index contributed by atoms with van der Waals surface area (Å²) in [5, 5.41) is 7.69. The van der Waals surface area contributed by atoms with E-state index in [0.717, 1.165) is 26.7 Å². The normalized spacial score (nSPS) is 12.3. The number of rotatable bonds is 4. The van der Waals surface area contributed by atoms with Crippen molar-refractivity contribution in [1.82, 2.24) is 20.2 Å². The lowest BCUT2D eigenvalue weighted by Crippen LogP contribution is -2.30. The van der Waals surface area contributed by atoms with Gasteiger partial charge in [-0.2, -0.15) is 0 Å². The van der Waals surface area contributed by atoms with Crippen molar-refractivity contribution >= 4 is 40.8 Å². The molecule has 1 N–H and O–H groups in total. The van der Waals surface area contributed by atoms with Crippen LogP contribution < -0.4 is 4.90 Å². The summed E-state index contributed by atoms with van der Waals surface area (Å²) in [5.41, 5.74) is 2.73. The number of H-pyrrole nitrogens is 1. The molecule has 1 amide bonds. The molecule has 0 radical (unpaired) electrons. The first-order chi connectivity index (χ1) is 14.3. The topological polar surface area (TPSA) is 74.8 Å². The van der Waals surface area contributed by atoms with E-state index >= 15 is 0 Å². The molecule has 4 aromatic rings. The van der Waals surface area contributed by atoms with E-state index in [4.69, 9.17) is 0 Å². The number of fused-ring (bicyclic) bond motifs is 2. The van der Waals surface area contributed by atoms with Gasteiger partial charge in [0.1, 0.15) is 0 Å². The number of amides is 1. The van der Waals surface area contributed by atoms with E-state index in [1.807, 2.05) is 60.7 Å². The molecule has 5 rings (SSSR count). The van der Waals surface area contributed by atoms with Crippen LogP contribution in [0.3, 0.4) is 0 Å². The van der Waals surface area contributed by atoms with Crippen molar-refractivity contribution in [2.45, 2.75) is 14.9 Å². The van der Waals surface area contributed by atoms with Crippen LogP contribution in [0.1, 0.15) is 0 Å². The van der Waals surface area contributed by atoms with Gasteiger partial charge in [-0.25, -0.2) is 4.98 Å². The summed E-state index contributed by atoms with van der Waals surface area (Å²) in [5.74, 6) is 0.888. The third kappa shape index (κ3) is 3.52. The fraction of sp³-hybridized carbons (Fsp3) is 0.0476. The van der Waals surface area contributed by atoms with Crippen molar-refractivity contribution in [3.05, 3.63) is 73.1 Å². The fourth-order valence-corrected chi connectivity index (χ4v) is 4.82. The number of benzene rings is 2. The molecule has 142 valence electrons. The van der Waals surface area contributed by atoms with Crippen LogP contribution in [0.15, 0.2) is 88.0 Å². The summed E-state index contributed by atoms with van der Waals surface area (Å²) in [6, 6.07) is 19.7. The molecule has 8 heteroatoms. The first-order valence-corrected chi connectivity index (χ1v) is 10.7. The second-order valence-electron chi connectivity index (χ2n) is 6.26. The summed E-state index contributed by atoms with van der Waals surface area (Å²) in [6.07, 6.45) is 3.41. The van der Waals surface area contributed by atoms with E-state index < -0.39 is 0 Å². The zero-order valence-corrected chi connectivity index (χ0v) is 16.8. The first-order valence-electron chi connectivity index (χ1n) is 8.94. The van der Waals surface area contributed by atoms with Gasteiger partial charge in [0, 0.05) is 27.7 Å². The van der Waals surface area contributed by atoms with E-state index in [9.17, 15) is 4.79 Å². The van der Waals surface area contributed by atoms with Crippen molar-refractivity contribution in [3.8, 4) is 11.4 Å². The van der Waals surface area contributed by atoms with Crippen LogP contribution in [-0.4, -0.2) is 31.8 Å². The van der Waals surface area contributed by atoms with Gasteiger partial charge >= 0.3 is 0 Å². The molecule has 1 aliphatic rings. The molecule has 0 atom stereocenters. The Balaban J connectivity index is 1.37. The number of pyridine rings is 1. The number of para-hydroxylation sites is 2. The summed E-state index contributed by atoms with van der Waals surface area (Å²) in [7, 11) is 0. The lowest BCUT2D eigenvalue weighted by Gasteiger charge is -2.30. The molecule has 0 unspecified atom stereocenters. The Morgan fingerprint density at radius 2 is 1.62 bits per heavy atom. The number of carbonyl (C=O) groups is 1. The average molecular weight is 418 g/mol. The highest BCUT2D eigenvalue weighted by Crippen LogP contribution is 2.48. The summed E-state index contributed by atoms with van der Waals surface area (Å²) < 4.78 is 0. The Morgan fingerprint density at radius 1 is 0.966 bits per heavy atom. The van der Waals surface area contributed by atoms with Crippen LogP contribution >= 0.6 is 23.5 Å². The van der Waals surface area contributed by atoms with Gasteiger partial charge in [-0.1, -0.05) is 47.8 Å². The van der Waals surface area contributed by atoms with Crippen molar-refractivity contribution < 1.29 is 4.79 Å². The minimum Gasteiger partial charge on any atom is -0.278 e. The number of hydrogen-bond acceptors (Lipinski definition) is 6. The molecule has 0 aliphatic carbocycles. The largest absolute Gasteiger partial charge is 0.278 e.